The van der Waals surface area contributed by atoms with Crippen molar-refractivity contribution in [3.05, 3.63) is 54.6 Å². The Morgan fingerprint density at radius 3 is 2.67 bits per heavy atom. The summed E-state index contributed by atoms with van der Waals surface area (Å²) in [5.74, 6) is 0.289. The molecule has 3 heterocycles. The van der Waals surface area contributed by atoms with Crippen molar-refractivity contribution in [2.24, 2.45) is 0 Å². The molecule has 6 heteroatoms. The predicted molar refractivity (Wildman–Crippen MR) is 103 cm³/mol. The second-order valence-electron chi connectivity index (χ2n) is 6.70. The first-order valence-corrected chi connectivity index (χ1v) is 8.96. The molecule has 0 unspecified atom stereocenters. The number of carbonyl (C=O) groups is 1. The number of carboxylic acid groups (broad SMARTS) is 1. The van der Waals surface area contributed by atoms with Crippen molar-refractivity contribution in [2.45, 2.75) is 18.9 Å². The fourth-order valence-corrected chi connectivity index (χ4v) is 3.76. The summed E-state index contributed by atoms with van der Waals surface area (Å²) in [7, 11) is 0. The molecule has 1 fully saturated rings. The van der Waals surface area contributed by atoms with Gasteiger partial charge in [-0.3, -0.25) is 0 Å². The Hall–Kier alpha value is -3.41. The highest BCUT2D eigenvalue weighted by Crippen LogP contribution is 2.37. The lowest BCUT2D eigenvalue weighted by Gasteiger charge is -2.22. The van der Waals surface area contributed by atoms with Crippen LogP contribution in [0.4, 0.5) is 5.82 Å². The Kier molecular flexibility index (Phi) is 3.57. The first-order valence-electron chi connectivity index (χ1n) is 8.96. The highest BCUT2D eigenvalue weighted by atomic mass is 16.4. The minimum Gasteiger partial charge on any atom is -0.480 e. The molecule has 134 valence electrons. The highest BCUT2D eigenvalue weighted by molar-refractivity contribution is 6.06. The molecule has 4 aromatic rings. The van der Waals surface area contributed by atoms with Crippen LogP contribution in [0.15, 0.2) is 59.0 Å². The summed E-state index contributed by atoms with van der Waals surface area (Å²) in [6.45, 7) is 0.633. The lowest BCUT2D eigenvalue weighted by Crippen LogP contribution is -2.36. The van der Waals surface area contributed by atoms with Gasteiger partial charge >= 0.3 is 5.97 Å². The van der Waals surface area contributed by atoms with Crippen LogP contribution in [-0.4, -0.2) is 33.6 Å². The van der Waals surface area contributed by atoms with Gasteiger partial charge in [0, 0.05) is 17.5 Å². The maximum Gasteiger partial charge on any atom is 0.326 e. The van der Waals surface area contributed by atoms with E-state index in [-0.39, 0.29) is 0 Å². The van der Waals surface area contributed by atoms with Gasteiger partial charge in [-0.15, -0.1) is 0 Å². The van der Waals surface area contributed by atoms with Crippen LogP contribution in [0.2, 0.25) is 0 Å². The average molecular weight is 359 g/mol. The zero-order chi connectivity index (χ0) is 18.4. The van der Waals surface area contributed by atoms with Crippen molar-refractivity contribution in [3.63, 3.8) is 0 Å². The molecule has 1 N–H and O–H groups in total. The Balaban J connectivity index is 1.81. The summed E-state index contributed by atoms with van der Waals surface area (Å²) in [6, 6.07) is 16.8. The van der Waals surface area contributed by atoms with E-state index in [2.05, 4.69) is 0 Å². The molecule has 2 aromatic carbocycles. The number of carboxylic acids is 1. The fraction of sp³-hybridized carbons (Fsp3) is 0.190. The third kappa shape index (κ3) is 2.52. The topological polar surface area (TPSA) is 79.5 Å². The first kappa shape index (κ1) is 15.8. The summed E-state index contributed by atoms with van der Waals surface area (Å²) < 4.78 is 6.06. The molecule has 0 bridgehead atoms. The standard InChI is InChI=1S/C21H17N3O3/c25-21(26)15-10-6-12-24(15)20-18-17(14-9-4-5-11-16(14)27-18)22-19(23-20)13-7-2-1-3-8-13/h1-5,7-9,11,15H,6,10,12H2,(H,25,26)/t15-/m0/s1. The van der Waals surface area contributed by atoms with Crippen molar-refractivity contribution in [1.82, 2.24) is 9.97 Å². The second kappa shape index (κ2) is 6.09. The second-order valence-corrected chi connectivity index (χ2v) is 6.70. The van der Waals surface area contributed by atoms with E-state index in [1.54, 1.807) is 0 Å². The van der Waals surface area contributed by atoms with Gasteiger partial charge in [-0.05, 0) is 25.0 Å². The van der Waals surface area contributed by atoms with Crippen molar-refractivity contribution in [1.29, 1.82) is 0 Å². The summed E-state index contributed by atoms with van der Waals surface area (Å²) >= 11 is 0. The van der Waals surface area contributed by atoms with Gasteiger partial charge in [-0.25, -0.2) is 14.8 Å². The summed E-state index contributed by atoms with van der Waals surface area (Å²) in [6.07, 6.45) is 1.41. The highest BCUT2D eigenvalue weighted by Gasteiger charge is 2.34. The van der Waals surface area contributed by atoms with Crippen molar-refractivity contribution >= 4 is 33.9 Å². The molecule has 2 aromatic heterocycles. The molecular formula is C21H17N3O3. The van der Waals surface area contributed by atoms with Gasteiger partial charge < -0.3 is 14.4 Å². The van der Waals surface area contributed by atoms with E-state index in [9.17, 15) is 9.90 Å². The maximum atomic E-state index is 11.7. The molecule has 1 aliphatic rings. The third-order valence-corrected chi connectivity index (χ3v) is 5.04. The predicted octanol–water partition coefficient (Wildman–Crippen LogP) is 4.10. The molecule has 1 saturated heterocycles. The van der Waals surface area contributed by atoms with Gasteiger partial charge in [0.05, 0.1) is 0 Å². The van der Waals surface area contributed by atoms with Gasteiger partial charge in [0.25, 0.3) is 0 Å². The zero-order valence-corrected chi connectivity index (χ0v) is 14.5. The van der Waals surface area contributed by atoms with Crippen LogP contribution in [0, 0.1) is 0 Å². The van der Waals surface area contributed by atoms with Crippen LogP contribution in [0.3, 0.4) is 0 Å². The SMILES string of the molecule is O=C(O)[C@@H]1CCCN1c1nc(-c2ccccc2)nc2c1oc1ccccc12. The van der Waals surface area contributed by atoms with Crippen LogP contribution < -0.4 is 4.90 Å². The van der Waals surface area contributed by atoms with Gasteiger partial charge in [0.1, 0.15) is 17.1 Å². The van der Waals surface area contributed by atoms with Crippen LogP contribution in [0.1, 0.15) is 12.8 Å². The van der Waals surface area contributed by atoms with Gasteiger partial charge in [-0.1, -0.05) is 42.5 Å². The number of furan rings is 1. The van der Waals surface area contributed by atoms with Crippen LogP contribution in [0.25, 0.3) is 33.5 Å². The quantitative estimate of drug-likeness (QED) is 0.593. The van der Waals surface area contributed by atoms with Gasteiger partial charge in [-0.2, -0.15) is 0 Å². The number of aliphatic carboxylic acids is 1. The van der Waals surface area contributed by atoms with Crippen LogP contribution in [0.5, 0.6) is 0 Å². The minimum absolute atomic E-state index is 0.545. The lowest BCUT2D eigenvalue weighted by molar-refractivity contribution is -0.138. The van der Waals surface area contributed by atoms with Crippen LogP contribution >= 0.6 is 0 Å². The van der Waals surface area contributed by atoms with E-state index in [1.807, 2.05) is 59.5 Å². The number of para-hydroxylation sites is 1. The summed E-state index contributed by atoms with van der Waals surface area (Å²) in [5, 5.41) is 10.5. The van der Waals surface area contributed by atoms with E-state index >= 15 is 0 Å². The van der Waals surface area contributed by atoms with E-state index in [4.69, 9.17) is 14.4 Å². The number of nitrogens with zero attached hydrogens (tertiary/aromatic N) is 3. The molecule has 27 heavy (non-hydrogen) atoms. The monoisotopic (exact) mass is 359 g/mol. The third-order valence-electron chi connectivity index (χ3n) is 5.04. The number of anilines is 1. The Morgan fingerprint density at radius 1 is 1.07 bits per heavy atom. The van der Waals surface area contributed by atoms with Gasteiger partial charge in [0.15, 0.2) is 17.2 Å². The Morgan fingerprint density at radius 2 is 1.85 bits per heavy atom. The van der Waals surface area contributed by atoms with Crippen molar-refractivity contribution in [2.75, 3.05) is 11.4 Å². The lowest BCUT2D eigenvalue weighted by atomic mass is 10.2. The molecule has 0 aliphatic carbocycles. The molecule has 0 radical (unpaired) electrons. The van der Waals surface area contributed by atoms with E-state index in [0.717, 1.165) is 23.0 Å². The number of hydrogen-bond donors (Lipinski definition) is 1. The van der Waals surface area contributed by atoms with Crippen molar-refractivity contribution < 1.29 is 14.3 Å². The molecule has 0 amide bonds. The Bertz CT molecular complexity index is 1150. The summed E-state index contributed by atoms with van der Waals surface area (Å²) in [4.78, 5) is 23.1. The molecule has 1 aliphatic heterocycles. The van der Waals surface area contributed by atoms with Crippen LogP contribution in [-0.2, 0) is 4.79 Å². The maximum absolute atomic E-state index is 11.7. The summed E-state index contributed by atoms with van der Waals surface area (Å²) in [5.41, 5.74) is 2.87. The Labute approximate surface area is 155 Å². The van der Waals surface area contributed by atoms with E-state index in [1.165, 1.54) is 0 Å². The molecule has 0 saturated carbocycles. The molecule has 5 rings (SSSR count). The number of hydrogen-bond acceptors (Lipinski definition) is 5. The number of benzene rings is 2. The largest absolute Gasteiger partial charge is 0.480 e. The van der Waals surface area contributed by atoms with E-state index in [0.29, 0.717) is 35.7 Å². The zero-order valence-electron chi connectivity index (χ0n) is 14.5. The first-order chi connectivity index (χ1) is 13.2. The molecular weight excluding hydrogens is 342 g/mol. The number of aromatic nitrogens is 2. The number of fused-ring (bicyclic) bond motifs is 3. The molecule has 6 nitrogen and oxygen atoms in total. The smallest absolute Gasteiger partial charge is 0.326 e. The minimum atomic E-state index is -0.836. The fourth-order valence-electron chi connectivity index (χ4n) is 3.76. The molecule has 1 atom stereocenters. The average Bonchev–Trinajstić information content (AvgIpc) is 3.33. The van der Waals surface area contributed by atoms with Crippen molar-refractivity contribution in [3.8, 4) is 11.4 Å². The molecule has 0 spiro atoms. The van der Waals surface area contributed by atoms with Gasteiger partial charge in [0.2, 0.25) is 0 Å². The van der Waals surface area contributed by atoms with E-state index < -0.39 is 12.0 Å². The number of rotatable bonds is 3. The normalized spacial score (nSPS) is 17.0.